The number of para-hydroxylation sites is 3. The van der Waals surface area contributed by atoms with Crippen molar-refractivity contribution < 1.29 is 9.84 Å². The van der Waals surface area contributed by atoms with E-state index in [1.807, 2.05) is 66.7 Å². The van der Waals surface area contributed by atoms with E-state index >= 15 is 0 Å². The maximum Gasteiger partial charge on any atom is 0.152 e. The predicted octanol–water partition coefficient (Wildman–Crippen LogP) is 4.68. The van der Waals surface area contributed by atoms with Crippen LogP contribution in [0.5, 0.6) is 11.5 Å². The van der Waals surface area contributed by atoms with Crippen LogP contribution in [-0.4, -0.2) is 5.11 Å². The minimum atomic E-state index is -0.270. The van der Waals surface area contributed by atoms with Crippen molar-refractivity contribution >= 4 is 5.69 Å². The number of fused-ring (bicyclic) bond motifs is 1. The van der Waals surface area contributed by atoms with E-state index in [-0.39, 0.29) is 17.9 Å². The molecule has 3 aromatic carbocycles. The van der Waals surface area contributed by atoms with Crippen LogP contribution < -0.4 is 10.1 Å². The van der Waals surface area contributed by atoms with Gasteiger partial charge in [-0.1, -0.05) is 54.6 Å². The molecule has 3 nitrogen and oxygen atoms in total. The van der Waals surface area contributed by atoms with E-state index in [1.165, 1.54) is 0 Å². The Morgan fingerprint density at radius 1 is 0.739 bits per heavy atom. The van der Waals surface area contributed by atoms with Gasteiger partial charge in [0.15, 0.2) is 6.10 Å². The molecule has 2 atom stereocenters. The lowest BCUT2D eigenvalue weighted by atomic mass is 9.97. The van der Waals surface area contributed by atoms with E-state index in [0.717, 1.165) is 22.6 Å². The molecule has 0 radical (unpaired) electrons. The van der Waals surface area contributed by atoms with E-state index in [4.69, 9.17) is 4.74 Å². The van der Waals surface area contributed by atoms with Crippen molar-refractivity contribution in [1.82, 2.24) is 0 Å². The van der Waals surface area contributed by atoms with Crippen molar-refractivity contribution in [2.75, 3.05) is 5.32 Å². The van der Waals surface area contributed by atoms with E-state index < -0.39 is 0 Å². The summed E-state index contributed by atoms with van der Waals surface area (Å²) in [5, 5.41) is 13.8. The van der Waals surface area contributed by atoms with Gasteiger partial charge in [0.05, 0.1) is 6.04 Å². The van der Waals surface area contributed by atoms with Crippen LogP contribution >= 0.6 is 0 Å². The topological polar surface area (TPSA) is 41.5 Å². The Morgan fingerprint density at radius 2 is 1.39 bits per heavy atom. The molecule has 1 heterocycles. The second-order valence-corrected chi connectivity index (χ2v) is 5.62. The van der Waals surface area contributed by atoms with Crippen molar-refractivity contribution in [3.8, 4) is 11.5 Å². The lowest BCUT2D eigenvalue weighted by Crippen LogP contribution is -2.17. The number of aromatic hydroxyl groups is 1. The zero-order valence-electron chi connectivity index (χ0n) is 12.5. The third-order valence-electron chi connectivity index (χ3n) is 4.15. The molecule has 0 bridgehead atoms. The number of phenolic OH excluding ortho intramolecular Hbond substituents is 1. The van der Waals surface area contributed by atoms with Crippen LogP contribution in [0.25, 0.3) is 0 Å². The molecule has 1 aliphatic heterocycles. The van der Waals surface area contributed by atoms with Gasteiger partial charge >= 0.3 is 0 Å². The molecule has 0 amide bonds. The summed E-state index contributed by atoms with van der Waals surface area (Å²) in [7, 11) is 0. The van der Waals surface area contributed by atoms with Gasteiger partial charge in [-0.2, -0.15) is 0 Å². The zero-order valence-corrected chi connectivity index (χ0v) is 12.5. The SMILES string of the molecule is Oc1ccccc1[C@H]1Oc2ccccc2[C@@H]1Nc1ccccc1. The van der Waals surface area contributed by atoms with E-state index in [0.29, 0.717) is 0 Å². The number of phenols is 1. The van der Waals surface area contributed by atoms with E-state index in [1.54, 1.807) is 6.07 Å². The summed E-state index contributed by atoms with van der Waals surface area (Å²) < 4.78 is 6.14. The van der Waals surface area contributed by atoms with Crippen LogP contribution in [-0.2, 0) is 0 Å². The Hall–Kier alpha value is -2.94. The van der Waals surface area contributed by atoms with Crippen LogP contribution in [0.1, 0.15) is 23.3 Å². The van der Waals surface area contributed by atoms with Crippen molar-refractivity contribution in [2.45, 2.75) is 12.1 Å². The lowest BCUT2D eigenvalue weighted by molar-refractivity contribution is 0.214. The van der Waals surface area contributed by atoms with Gasteiger partial charge in [0.2, 0.25) is 0 Å². The second kappa shape index (κ2) is 5.69. The van der Waals surface area contributed by atoms with Crippen LogP contribution in [0.2, 0.25) is 0 Å². The number of nitrogens with one attached hydrogen (secondary N) is 1. The molecule has 0 aliphatic carbocycles. The summed E-state index contributed by atoms with van der Waals surface area (Å²) >= 11 is 0. The number of hydrogen-bond acceptors (Lipinski definition) is 3. The summed E-state index contributed by atoms with van der Waals surface area (Å²) in [6.07, 6.45) is -0.270. The molecule has 0 unspecified atom stereocenters. The normalized spacial score (nSPS) is 19.0. The first-order valence-corrected chi connectivity index (χ1v) is 7.68. The van der Waals surface area contributed by atoms with Gasteiger partial charge < -0.3 is 15.2 Å². The Morgan fingerprint density at radius 3 is 2.17 bits per heavy atom. The van der Waals surface area contributed by atoms with Crippen molar-refractivity contribution in [3.05, 3.63) is 90.0 Å². The molecule has 0 saturated heterocycles. The van der Waals surface area contributed by atoms with E-state index in [9.17, 15) is 5.11 Å². The summed E-state index contributed by atoms with van der Waals surface area (Å²) in [5.41, 5.74) is 2.92. The molecule has 3 heteroatoms. The predicted molar refractivity (Wildman–Crippen MR) is 90.7 cm³/mol. The molecule has 4 rings (SSSR count). The average molecular weight is 303 g/mol. The molecular weight excluding hydrogens is 286 g/mol. The lowest BCUT2D eigenvalue weighted by Gasteiger charge is -2.22. The quantitative estimate of drug-likeness (QED) is 0.738. The van der Waals surface area contributed by atoms with Gasteiger partial charge in [-0.3, -0.25) is 0 Å². The minimum absolute atomic E-state index is 0.0538. The second-order valence-electron chi connectivity index (χ2n) is 5.62. The first-order valence-electron chi connectivity index (χ1n) is 7.68. The summed E-state index contributed by atoms with van der Waals surface area (Å²) in [4.78, 5) is 0. The Labute approximate surface area is 135 Å². The first-order chi connectivity index (χ1) is 11.3. The van der Waals surface area contributed by atoms with Gasteiger partial charge in [-0.05, 0) is 24.3 Å². The van der Waals surface area contributed by atoms with Gasteiger partial charge in [0, 0.05) is 16.8 Å². The maximum absolute atomic E-state index is 10.2. The highest BCUT2D eigenvalue weighted by atomic mass is 16.5. The fourth-order valence-electron chi connectivity index (χ4n) is 3.05. The highest BCUT2D eigenvalue weighted by molar-refractivity contribution is 5.53. The molecule has 0 saturated carbocycles. The van der Waals surface area contributed by atoms with Crippen LogP contribution in [0, 0.1) is 0 Å². The molecule has 2 N–H and O–H groups in total. The Kier molecular flexibility index (Phi) is 3.39. The first kappa shape index (κ1) is 13.7. The van der Waals surface area contributed by atoms with Crippen molar-refractivity contribution in [2.24, 2.45) is 0 Å². The highest BCUT2D eigenvalue weighted by Gasteiger charge is 2.36. The smallest absolute Gasteiger partial charge is 0.152 e. The average Bonchev–Trinajstić information content (AvgIpc) is 2.95. The molecule has 0 fully saturated rings. The van der Waals surface area contributed by atoms with Gasteiger partial charge in [0.25, 0.3) is 0 Å². The van der Waals surface area contributed by atoms with Crippen LogP contribution in [0.15, 0.2) is 78.9 Å². The summed E-state index contributed by atoms with van der Waals surface area (Å²) in [6.45, 7) is 0. The third-order valence-corrected chi connectivity index (χ3v) is 4.15. The van der Waals surface area contributed by atoms with E-state index in [2.05, 4.69) is 11.4 Å². The fourth-order valence-corrected chi connectivity index (χ4v) is 3.05. The van der Waals surface area contributed by atoms with Gasteiger partial charge in [0.1, 0.15) is 11.5 Å². The fraction of sp³-hybridized carbons (Fsp3) is 0.100. The van der Waals surface area contributed by atoms with Gasteiger partial charge in [-0.15, -0.1) is 0 Å². The zero-order chi connectivity index (χ0) is 15.6. The number of rotatable bonds is 3. The maximum atomic E-state index is 10.2. The molecule has 23 heavy (non-hydrogen) atoms. The van der Waals surface area contributed by atoms with Crippen molar-refractivity contribution in [1.29, 1.82) is 0 Å². The molecule has 0 spiro atoms. The van der Waals surface area contributed by atoms with Gasteiger partial charge in [-0.25, -0.2) is 0 Å². The molecular formula is C20H17NO2. The van der Waals surface area contributed by atoms with Crippen LogP contribution in [0.4, 0.5) is 5.69 Å². The largest absolute Gasteiger partial charge is 0.508 e. The summed E-state index contributed by atoms with van der Waals surface area (Å²) in [5.74, 6) is 1.11. The number of ether oxygens (including phenoxy) is 1. The molecule has 1 aliphatic rings. The Balaban J connectivity index is 1.75. The van der Waals surface area contributed by atoms with Crippen molar-refractivity contribution in [3.63, 3.8) is 0 Å². The molecule has 3 aromatic rings. The Bertz CT molecular complexity index is 817. The molecule has 114 valence electrons. The standard InChI is InChI=1S/C20H17NO2/c22-17-12-6-4-10-15(17)20-19(21-14-8-2-1-3-9-14)16-11-5-7-13-18(16)23-20/h1-13,19-22H/t19-,20+/m0/s1. The number of benzene rings is 3. The molecule has 0 aromatic heterocycles. The van der Waals surface area contributed by atoms with Crippen LogP contribution in [0.3, 0.4) is 0 Å². The highest BCUT2D eigenvalue weighted by Crippen LogP contribution is 2.47. The number of anilines is 1. The minimum Gasteiger partial charge on any atom is -0.508 e. The third kappa shape index (κ3) is 2.50. The monoisotopic (exact) mass is 303 g/mol. The number of hydrogen-bond donors (Lipinski definition) is 2. The summed E-state index contributed by atoms with van der Waals surface area (Å²) in [6, 6.07) is 25.3.